The van der Waals surface area contributed by atoms with E-state index in [4.69, 9.17) is 13.0 Å². The first kappa shape index (κ1) is 29.5. The van der Waals surface area contributed by atoms with Crippen LogP contribution in [0.2, 0.25) is 0 Å². The minimum absolute atomic E-state index is 0.0728. The maximum atomic E-state index is 14.1. The van der Waals surface area contributed by atoms with Gasteiger partial charge in [0, 0.05) is 18.0 Å². The fourth-order valence-electron chi connectivity index (χ4n) is 3.86. The lowest BCUT2D eigenvalue weighted by Gasteiger charge is -2.24. The van der Waals surface area contributed by atoms with Gasteiger partial charge in [-0.05, 0) is 49.4 Å². The van der Waals surface area contributed by atoms with E-state index >= 15 is 0 Å². The molecule has 0 unspecified atom stereocenters. The number of para-hydroxylation sites is 2. The van der Waals surface area contributed by atoms with E-state index in [0.29, 0.717) is 28.5 Å². The lowest BCUT2D eigenvalue weighted by molar-refractivity contribution is -0.137. The predicted molar refractivity (Wildman–Crippen MR) is 135 cm³/mol. The second-order valence-electron chi connectivity index (χ2n) is 8.59. The van der Waals surface area contributed by atoms with E-state index in [0.717, 1.165) is 6.07 Å². The number of nitrogens with zero attached hydrogens (tertiary/aromatic N) is 4. The van der Waals surface area contributed by atoms with E-state index in [1.165, 1.54) is 21.7 Å². The molecule has 0 atom stereocenters. The molecule has 0 radical (unpaired) electrons. The summed E-state index contributed by atoms with van der Waals surface area (Å²) in [6.45, 7) is 1.82. The van der Waals surface area contributed by atoms with Crippen molar-refractivity contribution in [2.24, 2.45) is 0 Å². The Morgan fingerprint density at radius 1 is 1.00 bits per heavy atom. The first-order chi connectivity index (χ1) is 19.1. The number of aryl methyl sites for hydroxylation is 1. The monoisotopic (exact) mass is 599 g/mol. The largest absolute Gasteiger partial charge is 0.522 e. The van der Waals surface area contributed by atoms with Gasteiger partial charge in [-0.2, -0.15) is 39.9 Å². The molecule has 4 aromatic rings. The molecule has 3 heterocycles. The molecular formula is C25H19F6N5O4S. The minimum atomic E-state index is -5.84. The average Bonchev–Trinajstić information content (AvgIpc) is 3.25. The van der Waals surface area contributed by atoms with Crippen LogP contribution >= 0.6 is 0 Å². The first-order valence-electron chi connectivity index (χ1n) is 11.5. The van der Waals surface area contributed by atoms with Crippen LogP contribution in [0.3, 0.4) is 0 Å². The third-order valence-electron chi connectivity index (χ3n) is 5.73. The molecule has 0 bridgehead atoms. The summed E-state index contributed by atoms with van der Waals surface area (Å²) in [7, 11) is -5.84. The molecule has 2 N–H and O–H groups in total. The van der Waals surface area contributed by atoms with Gasteiger partial charge >= 0.3 is 21.8 Å². The summed E-state index contributed by atoms with van der Waals surface area (Å²) in [6.07, 6.45) is -1.54. The van der Waals surface area contributed by atoms with E-state index in [1.54, 1.807) is 61.8 Å². The van der Waals surface area contributed by atoms with E-state index in [1.807, 2.05) is 0 Å². The summed E-state index contributed by atoms with van der Waals surface area (Å²) in [5, 5.41) is 7.35. The highest BCUT2D eigenvalue weighted by molar-refractivity contribution is 7.86. The van der Waals surface area contributed by atoms with Crippen molar-refractivity contribution < 1.29 is 44.1 Å². The molecule has 216 valence electrons. The Kier molecular flexibility index (Phi) is 7.82. The molecular weight excluding hydrogens is 580 g/mol. The lowest BCUT2D eigenvalue weighted by Crippen LogP contribution is -2.32. The van der Waals surface area contributed by atoms with Crippen molar-refractivity contribution in [1.29, 1.82) is 0 Å². The number of alkyl halides is 6. The molecule has 1 aliphatic heterocycles. The molecule has 0 fully saturated rings. The number of aromatic nitrogens is 3. The maximum absolute atomic E-state index is 14.1. The highest BCUT2D eigenvalue weighted by atomic mass is 32.2. The van der Waals surface area contributed by atoms with Crippen LogP contribution in [-0.4, -0.2) is 39.2 Å². The van der Waals surface area contributed by atoms with Crippen molar-refractivity contribution in [1.82, 2.24) is 14.8 Å². The van der Waals surface area contributed by atoms with Crippen molar-refractivity contribution in [2.75, 3.05) is 10.2 Å². The molecule has 9 nitrogen and oxygen atoms in total. The Labute approximate surface area is 228 Å². The molecule has 5 rings (SSSR count). The number of carbonyl (C=O) groups is 1. The van der Waals surface area contributed by atoms with Crippen LogP contribution in [0.4, 0.5) is 43.5 Å². The first-order valence-corrected chi connectivity index (χ1v) is 12.9. The topological polar surface area (TPSA) is 117 Å². The standard InChI is InChI=1S/C24H18F3N5O.CHF3O3S/c1-15-10-12-32(30-15)17-8-9-18(19(13-17)24(25,26)27)23(33)31-14-16-5-4-11-28-22(16)29-20-6-2-3-7-21(20)31;2-1(3,4)8(5,6)7/h2-13H,14H2,1H3,(H,28,29);(H,5,6,7). The summed E-state index contributed by atoms with van der Waals surface area (Å²) in [5.74, 6) is -0.197. The van der Waals surface area contributed by atoms with E-state index in [9.17, 15) is 31.1 Å². The van der Waals surface area contributed by atoms with Gasteiger partial charge in [0.2, 0.25) is 0 Å². The van der Waals surface area contributed by atoms with Crippen LogP contribution < -0.4 is 10.2 Å². The van der Waals surface area contributed by atoms with E-state index in [-0.39, 0.29) is 12.2 Å². The molecule has 0 aliphatic carbocycles. The number of pyridine rings is 1. The Morgan fingerprint density at radius 2 is 1.68 bits per heavy atom. The Balaban J connectivity index is 0.000000426. The molecule has 0 saturated carbocycles. The summed E-state index contributed by atoms with van der Waals surface area (Å²) in [6, 6.07) is 15.8. The highest BCUT2D eigenvalue weighted by Gasteiger charge is 2.44. The smallest absolute Gasteiger partial charge is 0.338 e. The number of nitrogens with one attached hydrogen (secondary N) is 1. The molecule has 41 heavy (non-hydrogen) atoms. The van der Waals surface area contributed by atoms with Crippen LogP contribution in [0.1, 0.15) is 27.2 Å². The van der Waals surface area contributed by atoms with Gasteiger partial charge in [-0.1, -0.05) is 18.2 Å². The van der Waals surface area contributed by atoms with Crippen LogP contribution in [0.5, 0.6) is 0 Å². The number of rotatable bonds is 2. The van der Waals surface area contributed by atoms with Gasteiger partial charge in [0.05, 0.1) is 40.4 Å². The van der Waals surface area contributed by atoms with Crippen LogP contribution in [0.15, 0.2) is 73.1 Å². The lowest BCUT2D eigenvalue weighted by atomic mass is 10.0. The average molecular weight is 600 g/mol. The number of benzene rings is 2. The molecule has 16 heteroatoms. The highest BCUT2D eigenvalue weighted by Crippen LogP contribution is 2.38. The predicted octanol–water partition coefficient (Wildman–Crippen LogP) is 5.89. The fourth-order valence-corrected chi connectivity index (χ4v) is 3.86. The van der Waals surface area contributed by atoms with E-state index < -0.39 is 38.8 Å². The second-order valence-corrected chi connectivity index (χ2v) is 10.0. The quantitative estimate of drug-likeness (QED) is 0.168. The summed E-state index contributed by atoms with van der Waals surface area (Å²) in [5.41, 5.74) is -4.34. The number of halogens is 6. The van der Waals surface area contributed by atoms with Crippen LogP contribution in [0.25, 0.3) is 5.69 Å². The molecule has 0 saturated heterocycles. The molecule has 1 aliphatic rings. The SMILES string of the molecule is Cc1ccn(-c2ccc(C(=O)N3Cc4cccnc4Nc4ccccc43)c(C(F)(F)F)c2)n1.O=S(=O)(O)C(F)(F)F. The number of fused-ring (bicyclic) bond motifs is 2. The number of hydrogen-bond donors (Lipinski definition) is 2. The third kappa shape index (κ3) is 6.49. The van der Waals surface area contributed by atoms with Crippen molar-refractivity contribution in [3.63, 3.8) is 0 Å². The van der Waals surface area contributed by atoms with Crippen molar-refractivity contribution in [2.45, 2.75) is 25.2 Å². The molecule has 2 aromatic heterocycles. The second kappa shape index (κ2) is 10.9. The van der Waals surface area contributed by atoms with Crippen LogP contribution in [-0.2, 0) is 22.8 Å². The van der Waals surface area contributed by atoms with Gasteiger partial charge in [0.25, 0.3) is 5.91 Å². The Hall–Kier alpha value is -4.44. The number of anilines is 3. The van der Waals surface area contributed by atoms with E-state index in [2.05, 4.69) is 15.4 Å². The van der Waals surface area contributed by atoms with Crippen molar-refractivity contribution >= 4 is 33.2 Å². The zero-order chi connectivity index (χ0) is 30.2. The van der Waals surface area contributed by atoms with Crippen molar-refractivity contribution in [3.05, 3.63) is 95.4 Å². The maximum Gasteiger partial charge on any atom is 0.522 e. The van der Waals surface area contributed by atoms with Gasteiger partial charge in [0.15, 0.2) is 0 Å². The Bertz CT molecular complexity index is 1700. The molecule has 1 amide bonds. The normalized spacial score (nSPS) is 13.2. The van der Waals surface area contributed by atoms with Gasteiger partial charge in [-0.3, -0.25) is 9.35 Å². The fraction of sp³-hybridized carbons (Fsp3) is 0.160. The van der Waals surface area contributed by atoms with Gasteiger partial charge in [-0.25, -0.2) is 9.67 Å². The third-order valence-corrected chi connectivity index (χ3v) is 6.32. The number of amides is 1. The minimum Gasteiger partial charge on any atom is -0.338 e. The van der Waals surface area contributed by atoms with Crippen molar-refractivity contribution in [3.8, 4) is 5.69 Å². The summed E-state index contributed by atoms with van der Waals surface area (Å²) in [4.78, 5) is 19.3. The number of hydrogen-bond acceptors (Lipinski definition) is 6. The summed E-state index contributed by atoms with van der Waals surface area (Å²) >= 11 is 0. The molecule has 0 spiro atoms. The Morgan fingerprint density at radius 3 is 2.29 bits per heavy atom. The van der Waals surface area contributed by atoms with Crippen LogP contribution in [0, 0.1) is 6.92 Å². The zero-order valence-corrected chi connectivity index (χ0v) is 21.6. The summed E-state index contributed by atoms with van der Waals surface area (Å²) < 4.78 is 101. The number of carbonyl (C=O) groups excluding carboxylic acids is 1. The van der Waals surface area contributed by atoms with Gasteiger partial charge in [0.1, 0.15) is 5.82 Å². The zero-order valence-electron chi connectivity index (χ0n) is 20.8. The molecule has 2 aromatic carbocycles. The van der Waals surface area contributed by atoms with Gasteiger partial charge in [-0.15, -0.1) is 0 Å². The van der Waals surface area contributed by atoms with Gasteiger partial charge < -0.3 is 10.2 Å².